The zero-order valence-corrected chi connectivity index (χ0v) is 16.3. The molecule has 0 unspecified atom stereocenters. The molecule has 1 atom stereocenters. The van der Waals surface area contributed by atoms with Crippen molar-refractivity contribution in [3.63, 3.8) is 0 Å². The van der Waals surface area contributed by atoms with Crippen LogP contribution in [0.4, 0.5) is 0 Å². The van der Waals surface area contributed by atoms with Gasteiger partial charge in [-0.25, -0.2) is 0 Å². The first-order chi connectivity index (χ1) is 12.4. The van der Waals surface area contributed by atoms with Crippen LogP contribution in [-0.2, 0) is 11.3 Å². The van der Waals surface area contributed by atoms with Crippen molar-refractivity contribution in [2.24, 2.45) is 0 Å². The summed E-state index contributed by atoms with van der Waals surface area (Å²) >= 11 is 0. The summed E-state index contributed by atoms with van der Waals surface area (Å²) in [7, 11) is 0. The van der Waals surface area contributed by atoms with E-state index >= 15 is 0 Å². The minimum atomic E-state index is -0.500. The monoisotopic (exact) mass is 355 g/mol. The fraction of sp³-hybridized carbons (Fsp3) is 0.409. The number of hydrogen-bond acceptors (Lipinski definition) is 3. The van der Waals surface area contributed by atoms with E-state index in [0.717, 1.165) is 22.6 Å². The van der Waals surface area contributed by atoms with Gasteiger partial charge in [0.2, 0.25) is 0 Å². The van der Waals surface area contributed by atoms with Gasteiger partial charge < -0.3 is 14.8 Å². The Kier molecular flexibility index (Phi) is 7.07. The van der Waals surface area contributed by atoms with Gasteiger partial charge in [-0.2, -0.15) is 0 Å². The smallest absolute Gasteiger partial charge is 0.261 e. The molecule has 0 heterocycles. The lowest BCUT2D eigenvalue weighted by Gasteiger charge is -2.19. The van der Waals surface area contributed by atoms with E-state index in [-0.39, 0.29) is 12.0 Å². The lowest BCUT2D eigenvalue weighted by Crippen LogP contribution is -2.37. The molecule has 1 amide bonds. The Morgan fingerprint density at radius 3 is 2.31 bits per heavy atom. The molecule has 1 N–H and O–H groups in total. The van der Waals surface area contributed by atoms with Crippen LogP contribution < -0.4 is 14.8 Å². The summed E-state index contributed by atoms with van der Waals surface area (Å²) in [6, 6.07) is 13.7. The fourth-order valence-corrected chi connectivity index (χ4v) is 2.67. The Morgan fingerprint density at radius 1 is 1.04 bits per heavy atom. The predicted molar refractivity (Wildman–Crippen MR) is 105 cm³/mol. The highest BCUT2D eigenvalue weighted by Crippen LogP contribution is 2.21. The van der Waals surface area contributed by atoms with Crippen LogP contribution in [0.5, 0.6) is 11.5 Å². The molecular weight excluding hydrogens is 326 g/mol. The van der Waals surface area contributed by atoms with Gasteiger partial charge >= 0.3 is 0 Å². The fourth-order valence-electron chi connectivity index (χ4n) is 2.67. The van der Waals surface area contributed by atoms with Gasteiger partial charge in [0.05, 0.1) is 6.10 Å². The molecule has 2 aromatic carbocycles. The summed E-state index contributed by atoms with van der Waals surface area (Å²) in [5.74, 6) is 1.49. The average Bonchev–Trinajstić information content (AvgIpc) is 2.60. The van der Waals surface area contributed by atoms with Crippen LogP contribution in [-0.4, -0.2) is 18.1 Å². The number of ether oxygens (including phenoxy) is 2. The maximum Gasteiger partial charge on any atom is 0.261 e. The van der Waals surface area contributed by atoms with E-state index < -0.39 is 6.10 Å². The minimum absolute atomic E-state index is 0.102. The Morgan fingerprint density at radius 2 is 1.73 bits per heavy atom. The first-order valence-corrected chi connectivity index (χ1v) is 9.16. The largest absolute Gasteiger partial charge is 0.491 e. The van der Waals surface area contributed by atoms with Crippen LogP contribution in [0.3, 0.4) is 0 Å². The van der Waals surface area contributed by atoms with Crippen LogP contribution in [0, 0.1) is 13.8 Å². The van der Waals surface area contributed by atoms with Gasteiger partial charge in [-0.05, 0) is 63.4 Å². The molecular formula is C22H29NO3. The summed E-state index contributed by atoms with van der Waals surface area (Å²) < 4.78 is 11.6. The van der Waals surface area contributed by atoms with E-state index in [0.29, 0.717) is 13.0 Å². The molecule has 26 heavy (non-hydrogen) atoms. The Bertz CT molecular complexity index is 723. The van der Waals surface area contributed by atoms with E-state index in [9.17, 15) is 4.79 Å². The molecule has 140 valence electrons. The molecule has 0 saturated heterocycles. The number of carbonyl (C=O) groups excluding carboxylic acids is 1. The van der Waals surface area contributed by atoms with Gasteiger partial charge in [-0.1, -0.05) is 36.8 Å². The van der Waals surface area contributed by atoms with E-state index in [1.165, 1.54) is 5.56 Å². The maximum absolute atomic E-state index is 12.5. The third-order valence-corrected chi connectivity index (χ3v) is 4.02. The van der Waals surface area contributed by atoms with Crippen LogP contribution >= 0.6 is 0 Å². The molecule has 0 aliphatic rings. The molecule has 0 aromatic heterocycles. The molecule has 0 spiro atoms. The summed E-state index contributed by atoms with van der Waals surface area (Å²) in [6.07, 6.45) is 0.258. The highest BCUT2D eigenvalue weighted by molar-refractivity contribution is 5.81. The zero-order chi connectivity index (χ0) is 19.1. The van der Waals surface area contributed by atoms with E-state index in [1.54, 1.807) is 0 Å². The Hall–Kier alpha value is -2.49. The van der Waals surface area contributed by atoms with Gasteiger partial charge in [-0.3, -0.25) is 4.79 Å². The summed E-state index contributed by atoms with van der Waals surface area (Å²) in [6.45, 7) is 10.4. The van der Waals surface area contributed by atoms with Crippen molar-refractivity contribution in [3.05, 3.63) is 59.2 Å². The van der Waals surface area contributed by atoms with Crippen molar-refractivity contribution in [2.45, 2.75) is 59.8 Å². The van der Waals surface area contributed by atoms with Crippen molar-refractivity contribution >= 4 is 5.91 Å². The first-order valence-electron chi connectivity index (χ1n) is 9.16. The highest BCUT2D eigenvalue weighted by atomic mass is 16.5. The SMILES string of the molecule is CC[C@@H](Oc1ccc(C)cc1C)C(=O)NCc1ccc(OC(C)C)cc1. The number of benzene rings is 2. The molecule has 0 aliphatic heterocycles. The molecule has 2 aromatic rings. The predicted octanol–water partition coefficient (Wildman–Crippen LogP) is 4.56. The van der Waals surface area contributed by atoms with Crippen molar-refractivity contribution in [1.29, 1.82) is 0 Å². The van der Waals surface area contributed by atoms with Gasteiger partial charge in [0.25, 0.3) is 5.91 Å². The average molecular weight is 355 g/mol. The lowest BCUT2D eigenvalue weighted by molar-refractivity contribution is -0.128. The van der Waals surface area contributed by atoms with E-state index in [4.69, 9.17) is 9.47 Å². The number of carbonyl (C=O) groups is 1. The molecule has 0 saturated carbocycles. The lowest BCUT2D eigenvalue weighted by atomic mass is 10.1. The number of nitrogens with one attached hydrogen (secondary N) is 1. The highest BCUT2D eigenvalue weighted by Gasteiger charge is 2.18. The Balaban J connectivity index is 1.92. The molecule has 0 aliphatic carbocycles. The molecule has 0 radical (unpaired) electrons. The number of hydrogen-bond donors (Lipinski definition) is 1. The number of amides is 1. The van der Waals surface area contributed by atoms with Crippen molar-refractivity contribution < 1.29 is 14.3 Å². The quantitative estimate of drug-likeness (QED) is 0.755. The molecule has 4 heteroatoms. The van der Waals surface area contributed by atoms with Gasteiger partial charge in [-0.15, -0.1) is 0 Å². The van der Waals surface area contributed by atoms with Crippen molar-refractivity contribution in [3.8, 4) is 11.5 Å². The Labute approximate surface area is 156 Å². The third-order valence-electron chi connectivity index (χ3n) is 4.02. The normalized spacial score (nSPS) is 11.9. The first kappa shape index (κ1) is 19.8. The number of rotatable bonds is 8. The van der Waals surface area contributed by atoms with Gasteiger partial charge in [0.1, 0.15) is 11.5 Å². The van der Waals surface area contributed by atoms with Crippen LogP contribution in [0.1, 0.15) is 43.9 Å². The molecule has 4 nitrogen and oxygen atoms in total. The van der Waals surface area contributed by atoms with Crippen LogP contribution in [0.25, 0.3) is 0 Å². The summed E-state index contributed by atoms with van der Waals surface area (Å²) in [5.41, 5.74) is 3.24. The number of aryl methyl sites for hydroxylation is 2. The standard InChI is InChI=1S/C22H29NO3/c1-6-20(26-21-12-7-16(4)13-17(21)5)22(24)23-14-18-8-10-19(11-9-18)25-15(2)3/h7-13,15,20H,6,14H2,1-5H3,(H,23,24)/t20-/m1/s1. The molecule has 2 rings (SSSR count). The summed E-state index contributed by atoms with van der Waals surface area (Å²) in [5, 5.41) is 2.96. The maximum atomic E-state index is 12.5. The zero-order valence-electron chi connectivity index (χ0n) is 16.3. The van der Waals surface area contributed by atoms with Crippen LogP contribution in [0.2, 0.25) is 0 Å². The van der Waals surface area contributed by atoms with Crippen molar-refractivity contribution in [1.82, 2.24) is 5.32 Å². The second-order valence-electron chi connectivity index (χ2n) is 6.81. The van der Waals surface area contributed by atoms with Crippen molar-refractivity contribution in [2.75, 3.05) is 0 Å². The second-order valence-corrected chi connectivity index (χ2v) is 6.81. The summed E-state index contributed by atoms with van der Waals surface area (Å²) in [4.78, 5) is 12.5. The van der Waals surface area contributed by atoms with Gasteiger partial charge in [0, 0.05) is 6.54 Å². The molecule has 0 fully saturated rings. The van der Waals surface area contributed by atoms with E-state index in [1.807, 2.05) is 71.0 Å². The minimum Gasteiger partial charge on any atom is -0.491 e. The topological polar surface area (TPSA) is 47.6 Å². The second kappa shape index (κ2) is 9.27. The van der Waals surface area contributed by atoms with Gasteiger partial charge in [0.15, 0.2) is 6.10 Å². The van der Waals surface area contributed by atoms with Crippen LogP contribution in [0.15, 0.2) is 42.5 Å². The molecule has 0 bridgehead atoms. The van der Waals surface area contributed by atoms with E-state index in [2.05, 4.69) is 11.4 Å². The third kappa shape index (κ3) is 5.80.